The molecule has 1 aliphatic rings. The summed E-state index contributed by atoms with van der Waals surface area (Å²) in [5, 5.41) is 10.2. The smallest absolute Gasteiger partial charge is 0.215 e. The molecule has 0 amide bonds. The zero-order valence-electron chi connectivity index (χ0n) is 11.6. The van der Waals surface area contributed by atoms with Crippen molar-refractivity contribution in [2.45, 2.75) is 43.5 Å². The summed E-state index contributed by atoms with van der Waals surface area (Å²) >= 11 is 0. The molecule has 21 heavy (non-hydrogen) atoms. The van der Waals surface area contributed by atoms with Gasteiger partial charge in [0.25, 0.3) is 0 Å². The van der Waals surface area contributed by atoms with Gasteiger partial charge in [-0.15, -0.1) is 0 Å². The van der Waals surface area contributed by atoms with Crippen LogP contribution < -0.4 is 4.72 Å². The number of sulfonamides is 1. The molecule has 0 aromatic heterocycles. The van der Waals surface area contributed by atoms with Crippen LogP contribution >= 0.6 is 0 Å². The third kappa shape index (κ3) is 4.72. The van der Waals surface area contributed by atoms with Crippen LogP contribution in [0.3, 0.4) is 0 Å². The highest BCUT2D eigenvalue weighted by atomic mass is 32.2. The van der Waals surface area contributed by atoms with Gasteiger partial charge in [-0.05, 0) is 18.9 Å². The van der Waals surface area contributed by atoms with Gasteiger partial charge in [0, 0.05) is 18.2 Å². The number of aliphatic hydroxyl groups is 1. The lowest BCUT2D eigenvalue weighted by atomic mass is 9.85. The molecule has 1 aromatic rings. The van der Waals surface area contributed by atoms with E-state index in [1.807, 2.05) is 0 Å². The lowest BCUT2D eigenvalue weighted by Gasteiger charge is -2.32. The van der Waals surface area contributed by atoms with Crippen LogP contribution in [0, 0.1) is 11.6 Å². The maximum absolute atomic E-state index is 13.5. The van der Waals surface area contributed by atoms with Crippen LogP contribution in [0.1, 0.15) is 37.7 Å². The summed E-state index contributed by atoms with van der Waals surface area (Å²) in [5.74, 6) is -2.22. The summed E-state index contributed by atoms with van der Waals surface area (Å²) in [4.78, 5) is 0. The van der Waals surface area contributed by atoms with Gasteiger partial charge in [0.05, 0.1) is 11.4 Å². The second-order valence-corrected chi connectivity index (χ2v) is 7.41. The molecule has 1 aromatic carbocycles. The molecule has 0 atom stereocenters. The molecule has 0 heterocycles. The molecule has 0 bridgehead atoms. The summed E-state index contributed by atoms with van der Waals surface area (Å²) in [5.41, 5.74) is -1.12. The van der Waals surface area contributed by atoms with Gasteiger partial charge in [0.15, 0.2) is 0 Å². The number of nitrogens with one attached hydrogen (secondary N) is 1. The minimum absolute atomic E-state index is 0.0713. The van der Waals surface area contributed by atoms with Crippen molar-refractivity contribution >= 4 is 10.0 Å². The maximum Gasteiger partial charge on any atom is 0.215 e. The highest BCUT2D eigenvalue weighted by Crippen LogP contribution is 2.27. The first-order valence-corrected chi connectivity index (χ1v) is 8.59. The Morgan fingerprint density at radius 1 is 1.19 bits per heavy atom. The average molecular weight is 319 g/mol. The Morgan fingerprint density at radius 3 is 2.48 bits per heavy atom. The quantitative estimate of drug-likeness (QED) is 0.873. The normalized spacial score (nSPS) is 18.6. The molecule has 0 aliphatic heterocycles. The Labute approximate surface area is 123 Å². The van der Waals surface area contributed by atoms with E-state index in [0.717, 1.165) is 31.4 Å². The third-order valence-electron chi connectivity index (χ3n) is 3.77. The summed E-state index contributed by atoms with van der Waals surface area (Å²) in [6.07, 6.45) is 3.88. The molecule has 4 nitrogen and oxygen atoms in total. The molecule has 0 spiro atoms. The third-order valence-corrected chi connectivity index (χ3v) is 5.04. The van der Waals surface area contributed by atoms with Crippen molar-refractivity contribution in [3.63, 3.8) is 0 Å². The van der Waals surface area contributed by atoms with Crippen LogP contribution in [0.5, 0.6) is 0 Å². The van der Waals surface area contributed by atoms with Gasteiger partial charge < -0.3 is 5.11 Å². The van der Waals surface area contributed by atoms with E-state index >= 15 is 0 Å². The van der Waals surface area contributed by atoms with Crippen molar-refractivity contribution in [3.05, 3.63) is 35.4 Å². The van der Waals surface area contributed by atoms with Crippen LogP contribution in [0.4, 0.5) is 8.78 Å². The van der Waals surface area contributed by atoms with E-state index in [0.29, 0.717) is 18.9 Å². The van der Waals surface area contributed by atoms with Gasteiger partial charge in [0.2, 0.25) is 10.0 Å². The second-order valence-electron chi connectivity index (χ2n) is 5.60. The molecular weight excluding hydrogens is 300 g/mol. The predicted octanol–water partition coefficient (Wildman–Crippen LogP) is 2.08. The molecule has 1 saturated carbocycles. The van der Waals surface area contributed by atoms with Crippen molar-refractivity contribution in [3.8, 4) is 0 Å². The molecule has 1 fully saturated rings. The van der Waals surface area contributed by atoms with E-state index in [1.54, 1.807) is 0 Å². The van der Waals surface area contributed by atoms with E-state index in [4.69, 9.17) is 0 Å². The lowest BCUT2D eigenvalue weighted by molar-refractivity contribution is 0.00944. The van der Waals surface area contributed by atoms with Gasteiger partial charge in [-0.25, -0.2) is 21.9 Å². The van der Waals surface area contributed by atoms with Gasteiger partial charge in [-0.3, -0.25) is 0 Å². The highest BCUT2D eigenvalue weighted by molar-refractivity contribution is 7.88. The van der Waals surface area contributed by atoms with E-state index in [2.05, 4.69) is 4.72 Å². The van der Waals surface area contributed by atoms with Crippen molar-refractivity contribution in [2.75, 3.05) is 6.54 Å². The second kappa shape index (κ2) is 6.37. The standard InChI is InChI=1S/C14H19F2NO3S/c15-12-5-4-11(13(16)8-12)9-21(19,20)17-10-14(18)6-2-1-3-7-14/h4-5,8,17-18H,1-3,6-7,9-10H2. The molecule has 1 aliphatic carbocycles. The van der Waals surface area contributed by atoms with E-state index in [-0.39, 0.29) is 12.1 Å². The van der Waals surface area contributed by atoms with E-state index in [1.165, 1.54) is 0 Å². The fourth-order valence-corrected chi connectivity index (χ4v) is 3.76. The molecular formula is C14H19F2NO3S. The molecule has 0 unspecified atom stereocenters. The van der Waals surface area contributed by atoms with Crippen LogP contribution in [0.15, 0.2) is 18.2 Å². The van der Waals surface area contributed by atoms with Crippen LogP contribution in [0.2, 0.25) is 0 Å². The predicted molar refractivity (Wildman–Crippen MR) is 75.0 cm³/mol. The first-order chi connectivity index (χ1) is 9.80. The molecule has 0 radical (unpaired) electrons. The first kappa shape index (κ1) is 16.3. The molecule has 118 valence electrons. The number of benzene rings is 1. The van der Waals surface area contributed by atoms with Crippen molar-refractivity contribution in [1.29, 1.82) is 0 Å². The summed E-state index contributed by atoms with van der Waals surface area (Å²) in [6, 6.07) is 2.78. The fraction of sp³-hybridized carbons (Fsp3) is 0.571. The average Bonchev–Trinajstić information content (AvgIpc) is 2.41. The Bertz CT molecular complexity index is 598. The van der Waals surface area contributed by atoms with Crippen molar-refractivity contribution in [2.24, 2.45) is 0 Å². The minimum atomic E-state index is -3.78. The monoisotopic (exact) mass is 319 g/mol. The Morgan fingerprint density at radius 2 is 1.86 bits per heavy atom. The summed E-state index contributed by atoms with van der Waals surface area (Å²) in [6.45, 7) is -0.0713. The van der Waals surface area contributed by atoms with Crippen LogP contribution in [-0.4, -0.2) is 25.7 Å². The van der Waals surface area contributed by atoms with Crippen LogP contribution in [0.25, 0.3) is 0 Å². The van der Waals surface area contributed by atoms with Gasteiger partial charge >= 0.3 is 0 Å². The SMILES string of the molecule is O=S(=O)(Cc1ccc(F)cc1F)NCC1(O)CCCCC1. The molecule has 0 saturated heterocycles. The summed E-state index contributed by atoms with van der Waals surface area (Å²) in [7, 11) is -3.78. The topological polar surface area (TPSA) is 66.4 Å². The van der Waals surface area contributed by atoms with Gasteiger partial charge in [0.1, 0.15) is 11.6 Å². The van der Waals surface area contributed by atoms with Crippen molar-refractivity contribution < 1.29 is 22.3 Å². The molecule has 7 heteroatoms. The zero-order valence-corrected chi connectivity index (χ0v) is 12.4. The van der Waals surface area contributed by atoms with E-state index in [9.17, 15) is 22.3 Å². The Hall–Kier alpha value is -1.05. The first-order valence-electron chi connectivity index (χ1n) is 6.93. The number of rotatable bonds is 5. The maximum atomic E-state index is 13.5. The zero-order chi connectivity index (χ0) is 15.5. The molecule has 2 N–H and O–H groups in total. The van der Waals surface area contributed by atoms with Crippen LogP contribution in [-0.2, 0) is 15.8 Å². The summed E-state index contributed by atoms with van der Waals surface area (Å²) < 4.78 is 52.5. The number of hydrogen-bond donors (Lipinski definition) is 2. The number of hydrogen-bond acceptors (Lipinski definition) is 3. The van der Waals surface area contributed by atoms with Gasteiger partial charge in [-0.2, -0.15) is 0 Å². The Balaban J connectivity index is 1.98. The minimum Gasteiger partial charge on any atom is -0.389 e. The largest absolute Gasteiger partial charge is 0.389 e. The van der Waals surface area contributed by atoms with Gasteiger partial charge in [-0.1, -0.05) is 25.3 Å². The highest BCUT2D eigenvalue weighted by Gasteiger charge is 2.30. The van der Waals surface area contributed by atoms with Crippen molar-refractivity contribution in [1.82, 2.24) is 4.72 Å². The lowest BCUT2D eigenvalue weighted by Crippen LogP contribution is -2.44. The number of halogens is 2. The van der Waals surface area contributed by atoms with E-state index < -0.39 is 33.0 Å². The Kier molecular flexibility index (Phi) is 4.95. The fourth-order valence-electron chi connectivity index (χ4n) is 2.53. The molecule has 2 rings (SSSR count).